The molecule has 0 fully saturated rings. The van der Waals surface area contributed by atoms with Gasteiger partial charge in [0.25, 0.3) is 0 Å². The molecule has 0 aliphatic carbocycles. The van der Waals surface area contributed by atoms with E-state index in [1.54, 1.807) is 0 Å². The maximum Gasteiger partial charge on any atom is 0.321 e. The highest BCUT2D eigenvalue weighted by Gasteiger charge is 2.13. The molecule has 0 aromatic rings. The quantitative estimate of drug-likeness (QED) is 0.0459. The smallest absolute Gasteiger partial charge is 0.321 e. The van der Waals surface area contributed by atoms with Crippen LogP contribution >= 0.6 is 0 Å². The fourth-order valence-corrected chi connectivity index (χ4v) is 4.77. The summed E-state index contributed by atoms with van der Waals surface area (Å²) in [7, 11) is 0. The second kappa shape index (κ2) is 33.3. The van der Waals surface area contributed by atoms with Crippen LogP contribution in [0.25, 0.3) is 0 Å². The Labute approximate surface area is 245 Å². The van der Waals surface area contributed by atoms with Crippen molar-refractivity contribution < 1.29 is 18.9 Å². The standard InChI is InChI=1S/C35H70O4/c1-5-9-13-16-19-22-26-30-36-33-39-35(38-32-28-24-21-18-15-11-7-3)34(29-25-12-8-4)37-31-27-23-20-17-14-10-6-2/h5-33H2,1-4H3. The molecule has 0 unspecified atom stereocenters. The van der Waals surface area contributed by atoms with E-state index in [-0.39, 0.29) is 6.79 Å². The Bertz CT molecular complexity index is 491. The zero-order valence-electron chi connectivity index (χ0n) is 27.1. The van der Waals surface area contributed by atoms with Gasteiger partial charge in [-0.25, -0.2) is 0 Å². The number of rotatable bonds is 33. The van der Waals surface area contributed by atoms with Crippen LogP contribution < -0.4 is 0 Å². The van der Waals surface area contributed by atoms with Crippen molar-refractivity contribution in [2.24, 2.45) is 0 Å². The predicted octanol–water partition coefficient (Wildman–Crippen LogP) is 12.0. The van der Waals surface area contributed by atoms with Gasteiger partial charge in [-0.15, -0.1) is 0 Å². The third kappa shape index (κ3) is 28.4. The van der Waals surface area contributed by atoms with Gasteiger partial charge >= 0.3 is 5.95 Å². The van der Waals surface area contributed by atoms with Gasteiger partial charge in [0.1, 0.15) is 0 Å². The maximum absolute atomic E-state index is 6.32. The minimum atomic E-state index is 0.250. The molecular formula is C35H70O4. The molecule has 0 spiro atoms. The van der Waals surface area contributed by atoms with E-state index in [1.807, 2.05) is 0 Å². The third-order valence-corrected chi connectivity index (χ3v) is 7.41. The van der Waals surface area contributed by atoms with Crippen molar-refractivity contribution in [3.05, 3.63) is 11.7 Å². The summed E-state index contributed by atoms with van der Waals surface area (Å²) < 4.78 is 24.5. The lowest BCUT2D eigenvalue weighted by Gasteiger charge is -2.18. The average molecular weight is 555 g/mol. The molecule has 0 bridgehead atoms. The Kier molecular flexibility index (Phi) is 32.5. The minimum Gasteiger partial charge on any atom is -0.491 e. The fourth-order valence-electron chi connectivity index (χ4n) is 4.77. The van der Waals surface area contributed by atoms with Crippen LogP contribution in [-0.2, 0) is 18.9 Å². The summed E-state index contributed by atoms with van der Waals surface area (Å²) in [5.74, 6) is 1.48. The first-order chi connectivity index (χ1) is 19.3. The van der Waals surface area contributed by atoms with E-state index in [1.165, 1.54) is 128 Å². The summed E-state index contributed by atoms with van der Waals surface area (Å²) in [6, 6.07) is 0. The molecule has 0 heterocycles. The molecular weight excluding hydrogens is 484 g/mol. The molecule has 0 amide bonds. The number of ether oxygens (including phenoxy) is 4. The van der Waals surface area contributed by atoms with Crippen LogP contribution in [0.15, 0.2) is 11.7 Å². The van der Waals surface area contributed by atoms with E-state index < -0.39 is 0 Å². The monoisotopic (exact) mass is 555 g/mol. The molecule has 0 rings (SSSR count). The zero-order chi connectivity index (χ0) is 28.5. The van der Waals surface area contributed by atoms with Gasteiger partial charge in [-0.05, 0) is 25.7 Å². The largest absolute Gasteiger partial charge is 0.491 e. The molecule has 0 aromatic heterocycles. The molecule has 0 radical (unpaired) electrons. The van der Waals surface area contributed by atoms with E-state index in [2.05, 4.69) is 27.7 Å². The summed E-state index contributed by atoms with van der Waals surface area (Å²) >= 11 is 0. The van der Waals surface area contributed by atoms with Crippen LogP contribution in [-0.4, -0.2) is 26.6 Å². The molecule has 0 atom stereocenters. The van der Waals surface area contributed by atoms with Crippen molar-refractivity contribution in [3.8, 4) is 0 Å². The van der Waals surface area contributed by atoms with Crippen LogP contribution in [0, 0.1) is 0 Å². The molecule has 234 valence electrons. The highest BCUT2D eigenvalue weighted by molar-refractivity contribution is 4.95. The summed E-state index contributed by atoms with van der Waals surface area (Å²) in [6.45, 7) is 11.5. The van der Waals surface area contributed by atoms with Gasteiger partial charge in [-0.1, -0.05) is 156 Å². The average Bonchev–Trinajstić information content (AvgIpc) is 2.95. The Morgan fingerprint density at radius 3 is 1.23 bits per heavy atom. The lowest BCUT2D eigenvalue weighted by molar-refractivity contribution is -0.0846. The molecule has 0 aliphatic heterocycles. The molecule has 39 heavy (non-hydrogen) atoms. The van der Waals surface area contributed by atoms with E-state index in [0.717, 1.165) is 51.1 Å². The second-order valence-electron chi connectivity index (χ2n) is 11.4. The van der Waals surface area contributed by atoms with Crippen molar-refractivity contribution >= 4 is 0 Å². The van der Waals surface area contributed by atoms with Crippen molar-refractivity contribution in [3.63, 3.8) is 0 Å². The predicted molar refractivity (Wildman–Crippen MR) is 169 cm³/mol. The third-order valence-electron chi connectivity index (χ3n) is 7.41. The normalized spacial score (nSPS) is 12.0. The van der Waals surface area contributed by atoms with Gasteiger partial charge in [0, 0.05) is 6.42 Å². The van der Waals surface area contributed by atoms with Crippen LogP contribution in [0.4, 0.5) is 0 Å². The van der Waals surface area contributed by atoms with Crippen LogP contribution in [0.3, 0.4) is 0 Å². The number of unbranched alkanes of at least 4 members (excludes halogenated alkanes) is 20. The summed E-state index contributed by atoms with van der Waals surface area (Å²) in [6.07, 6.45) is 31.4. The van der Waals surface area contributed by atoms with E-state index >= 15 is 0 Å². The van der Waals surface area contributed by atoms with Crippen molar-refractivity contribution in [1.29, 1.82) is 0 Å². The molecule has 0 saturated carbocycles. The van der Waals surface area contributed by atoms with Gasteiger partial charge in [-0.3, -0.25) is 0 Å². The van der Waals surface area contributed by atoms with Gasteiger partial charge in [-0.2, -0.15) is 0 Å². The molecule has 4 heteroatoms. The van der Waals surface area contributed by atoms with E-state index in [4.69, 9.17) is 18.9 Å². The molecule has 0 aromatic carbocycles. The summed E-state index contributed by atoms with van der Waals surface area (Å²) in [4.78, 5) is 0. The lowest BCUT2D eigenvalue weighted by atomic mass is 10.1. The minimum absolute atomic E-state index is 0.250. The summed E-state index contributed by atoms with van der Waals surface area (Å²) in [5, 5.41) is 0. The lowest BCUT2D eigenvalue weighted by Crippen LogP contribution is -2.10. The number of hydrogen-bond acceptors (Lipinski definition) is 4. The Balaban J connectivity index is 4.67. The van der Waals surface area contributed by atoms with Crippen molar-refractivity contribution in [2.45, 2.75) is 188 Å². The van der Waals surface area contributed by atoms with Gasteiger partial charge in [0.15, 0.2) is 12.6 Å². The SMILES string of the molecule is CCCCCCCCCOCOC(OCCCCCCCCC)=C(CCCCC)OCCCCCCCCC. The highest BCUT2D eigenvalue weighted by Crippen LogP contribution is 2.20. The first-order valence-corrected chi connectivity index (χ1v) is 17.5. The van der Waals surface area contributed by atoms with Crippen molar-refractivity contribution in [2.75, 3.05) is 26.6 Å². The van der Waals surface area contributed by atoms with Gasteiger partial charge in [0.2, 0.25) is 0 Å². The zero-order valence-corrected chi connectivity index (χ0v) is 27.1. The Morgan fingerprint density at radius 1 is 0.359 bits per heavy atom. The van der Waals surface area contributed by atoms with E-state index in [9.17, 15) is 0 Å². The van der Waals surface area contributed by atoms with Crippen LogP contribution in [0.2, 0.25) is 0 Å². The fraction of sp³-hybridized carbons (Fsp3) is 0.943. The van der Waals surface area contributed by atoms with E-state index in [0.29, 0.717) is 12.6 Å². The topological polar surface area (TPSA) is 36.9 Å². The van der Waals surface area contributed by atoms with Crippen LogP contribution in [0.5, 0.6) is 0 Å². The first-order valence-electron chi connectivity index (χ1n) is 17.5. The van der Waals surface area contributed by atoms with Gasteiger partial charge < -0.3 is 18.9 Å². The number of allylic oxidation sites excluding steroid dienone is 1. The molecule has 0 aliphatic rings. The molecule has 0 saturated heterocycles. The molecule has 4 nitrogen and oxygen atoms in total. The maximum atomic E-state index is 6.32. The first kappa shape index (κ1) is 38.1. The second-order valence-corrected chi connectivity index (χ2v) is 11.4. The number of hydrogen-bond donors (Lipinski definition) is 0. The Morgan fingerprint density at radius 2 is 0.744 bits per heavy atom. The van der Waals surface area contributed by atoms with Gasteiger partial charge in [0.05, 0.1) is 19.8 Å². The molecule has 0 N–H and O–H groups in total. The summed E-state index contributed by atoms with van der Waals surface area (Å²) in [5.41, 5.74) is 0. The Hall–Kier alpha value is -0.900. The highest BCUT2D eigenvalue weighted by atomic mass is 16.7. The van der Waals surface area contributed by atoms with Crippen LogP contribution in [0.1, 0.15) is 188 Å². The van der Waals surface area contributed by atoms with Crippen molar-refractivity contribution in [1.82, 2.24) is 0 Å².